The van der Waals surface area contributed by atoms with Gasteiger partial charge < -0.3 is 5.11 Å². The second-order valence-corrected chi connectivity index (χ2v) is 5.16. The van der Waals surface area contributed by atoms with Gasteiger partial charge in [0.1, 0.15) is 10.1 Å². The van der Waals surface area contributed by atoms with Gasteiger partial charge >= 0.3 is 0 Å². The van der Waals surface area contributed by atoms with Crippen LogP contribution in [0, 0.1) is 0 Å². The minimum atomic E-state index is -0.347. The largest absolute Gasteiger partial charge is 0.509 e. The maximum Gasteiger partial charge on any atom is 0.127 e. The van der Waals surface area contributed by atoms with Crippen molar-refractivity contribution in [3.8, 4) is 0 Å². The fraction of sp³-hybridized carbons (Fsp3) is 0.500. The Bertz CT molecular complexity index is 238. The lowest BCUT2D eigenvalue weighted by molar-refractivity contribution is 0.378. The standard InChI is InChI=1S/C8H10Br2O/c1-3-5-4-6(9)7(11)8(5,2)10/h4,11H,3H2,1-2H3. The zero-order chi connectivity index (χ0) is 8.65. The molecule has 0 aromatic carbocycles. The van der Waals surface area contributed by atoms with Crippen molar-refractivity contribution in [1.29, 1.82) is 0 Å². The number of hydrogen-bond donors (Lipinski definition) is 1. The molecule has 0 saturated heterocycles. The highest BCUT2D eigenvalue weighted by molar-refractivity contribution is 9.12. The molecule has 1 rings (SSSR count). The zero-order valence-electron chi connectivity index (χ0n) is 6.49. The topological polar surface area (TPSA) is 20.2 Å². The summed E-state index contributed by atoms with van der Waals surface area (Å²) in [6.07, 6.45) is 2.91. The molecule has 0 aromatic heterocycles. The highest BCUT2D eigenvalue weighted by Gasteiger charge is 2.35. The van der Waals surface area contributed by atoms with Crippen LogP contribution in [0.5, 0.6) is 0 Å². The number of hydrogen-bond acceptors (Lipinski definition) is 1. The molecule has 1 unspecified atom stereocenters. The Kier molecular flexibility index (Phi) is 2.49. The predicted octanol–water partition coefficient (Wildman–Crippen LogP) is 3.65. The van der Waals surface area contributed by atoms with E-state index in [0.717, 1.165) is 10.9 Å². The van der Waals surface area contributed by atoms with Gasteiger partial charge in [0, 0.05) is 0 Å². The Labute approximate surface area is 83.4 Å². The smallest absolute Gasteiger partial charge is 0.127 e. The SMILES string of the molecule is CCC1=CC(Br)=C(O)C1(C)Br. The van der Waals surface area contributed by atoms with Gasteiger partial charge in [0.15, 0.2) is 0 Å². The highest BCUT2D eigenvalue weighted by Crippen LogP contribution is 2.44. The Hall–Kier alpha value is 0.240. The van der Waals surface area contributed by atoms with Crippen molar-refractivity contribution in [2.75, 3.05) is 0 Å². The normalized spacial score (nSPS) is 31.1. The Morgan fingerprint density at radius 1 is 1.64 bits per heavy atom. The van der Waals surface area contributed by atoms with E-state index in [2.05, 4.69) is 38.8 Å². The van der Waals surface area contributed by atoms with Crippen LogP contribution in [0.1, 0.15) is 20.3 Å². The number of alkyl halides is 1. The predicted molar refractivity (Wildman–Crippen MR) is 54.3 cm³/mol. The first-order valence-electron chi connectivity index (χ1n) is 3.49. The highest BCUT2D eigenvalue weighted by atomic mass is 79.9. The lowest BCUT2D eigenvalue weighted by Gasteiger charge is -2.19. The van der Waals surface area contributed by atoms with Gasteiger partial charge in [-0.3, -0.25) is 0 Å². The first kappa shape index (κ1) is 9.33. The molecule has 11 heavy (non-hydrogen) atoms. The average Bonchev–Trinajstić information content (AvgIpc) is 2.13. The van der Waals surface area contributed by atoms with E-state index in [-0.39, 0.29) is 4.32 Å². The number of allylic oxidation sites excluding steroid dienone is 3. The van der Waals surface area contributed by atoms with Crippen LogP contribution in [-0.4, -0.2) is 9.43 Å². The van der Waals surface area contributed by atoms with Crippen molar-refractivity contribution in [1.82, 2.24) is 0 Å². The number of halogens is 2. The first-order chi connectivity index (χ1) is 5.00. The van der Waals surface area contributed by atoms with Gasteiger partial charge in [-0.05, 0) is 40.9 Å². The fourth-order valence-electron chi connectivity index (χ4n) is 1.17. The zero-order valence-corrected chi connectivity index (χ0v) is 9.66. The summed E-state index contributed by atoms with van der Waals surface area (Å²) >= 11 is 6.75. The van der Waals surface area contributed by atoms with Crippen molar-refractivity contribution in [2.24, 2.45) is 0 Å². The molecular weight excluding hydrogens is 272 g/mol. The van der Waals surface area contributed by atoms with E-state index in [1.807, 2.05) is 13.0 Å². The summed E-state index contributed by atoms with van der Waals surface area (Å²) in [5.41, 5.74) is 1.20. The van der Waals surface area contributed by atoms with Gasteiger partial charge in [-0.1, -0.05) is 22.9 Å². The van der Waals surface area contributed by atoms with Gasteiger partial charge in [0.05, 0.1) is 4.48 Å². The number of aliphatic hydroxyl groups excluding tert-OH is 1. The van der Waals surface area contributed by atoms with Gasteiger partial charge in [-0.2, -0.15) is 0 Å². The van der Waals surface area contributed by atoms with Gasteiger partial charge in [-0.25, -0.2) is 0 Å². The van der Waals surface area contributed by atoms with Crippen LogP contribution in [0.4, 0.5) is 0 Å². The van der Waals surface area contributed by atoms with E-state index in [1.165, 1.54) is 5.57 Å². The molecule has 0 heterocycles. The number of aliphatic hydroxyl groups is 1. The van der Waals surface area contributed by atoms with Crippen molar-refractivity contribution in [2.45, 2.75) is 24.6 Å². The summed E-state index contributed by atoms with van der Waals surface area (Å²) in [6.45, 7) is 4.02. The number of rotatable bonds is 1. The second-order valence-electron chi connectivity index (χ2n) is 2.72. The third-order valence-corrected chi connectivity index (χ3v) is 3.45. The molecule has 1 atom stereocenters. The first-order valence-corrected chi connectivity index (χ1v) is 5.08. The van der Waals surface area contributed by atoms with E-state index in [9.17, 15) is 5.11 Å². The second kappa shape index (κ2) is 2.94. The summed E-state index contributed by atoms with van der Waals surface area (Å²) in [7, 11) is 0. The molecule has 0 amide bonds. The molecule has 0 aromatic rings. The summed E-state index contributed by atoms with van der Waals surface area (Å²) in [5, 5.41) is 9.56. The maximum atomic E-state index is 9.56. The molecule has 3 heteroatoms. The lowest BCUT2D eigenvalue weighted by atomic mass is 10.0. The van der Waals surface area contributed by atoms with E-state index in [0.29, 0.717) is 5.76 Å². The molecule has 0 bridgehead atoms. The molecule has 1 N–H and O–H groups in total. The molecule has 0 aliphatic heterocycles. The third-order valence-electron chi connectivity index (χ3n) is 1.96. The molecule has 1 aliphatic rings. The fourth-order valence-corrected chi connectivity index (χ4v) is 2.71. The minimum absolute atomic E-state index is 0.347. The van der Waals surface area contributed by atoms with Crippen LogP contribution in [0.3, 0.4) is 0 Å². The molecule has 62 valence electrons. The maximum absolute atomic E-state index is 9.56. The van der Waals surface area contributed by atoms with Crippen molar-refractivity contribution in [3.05, 3.63) is 21.9 Å². The van der Waals surface area contributed by atoms with Crippen LogP contribution in [-0.2, 0) is 0 Å². The summed E-state index contributed by atoms with van der Waals surface area (Å²) in [4.78, 5) is 0. The molecule has 0 saturated carbocycles. The Morgan fingerprint density at radius 2 is 2.18 bits per heavy atom. The molecule has 0 spiro atoms. The minimum Gasteiger partial charge on any atom is -0.509 e. The Morgan fingerprint density at radius 3 is 2.36 bits per heavy atom. The summed E-state index contributed by atoms with van der Waals surface area (Å²) < 4.78 is 0.439. The van der Waals surface area contributed by atoms with E-state index >= 15 is 0 Å². The molecule has 1 nitrogen and oxygen atoms in total. The summed E-state index contributed by atoms with van der Waals surface area (Å²) in [6, 6.07) is 0. The molecule has 0 fully saturated rings. The lowest BCUT2D eigenvalue weighted by Crippen LogP contribution is -2.18. The molecule has 1 aliphatic carbocycles. The van der Waals surface area contributed by atoms with Crippen LogP contribution >= 0.6 is 31.9 Å². The molecule has 0 radical (unpaired) electrons. The monoisotopic (exact) mass is 280 g/mol. The van der Waals surface area contributed by atoms with Gasteiger partial charge in [0.25, 0.3) is 0 Å². The Balaban J connectivity index is 3.04. The van der Waals surface area contributed by atoms with Crippen molar-refractivity contribution in [3.63, 3.8) is 0 Å². The quantitative estimate of drug-likeness (QED) is 0.728. The van der Waals surface area contributed by atoms with Gasteiger partial charge in [0.2, 0.25) is 0 Å². The van der Waals surface area contributed by atoms with Crippen LogP contribution in [0.25, 0.3) is 0 Å². The third kappa shape index (κ3) is 1.41. The average molecular weight is 282 g/mol. The van der Waals surface area contributed by atoms with Crippen LogP contribution < -0.4 is 0 Å². The van der Waals surface area contributed by atoms with E-state index in [4.69, 9.17) is 0 Å². The van der Waals surface area contributed by atoms with E-state index in [1.54, 1.807) is 0 Å². The summed E-state index contributed by atoms with van der Waals surface area (Å²) in [5.74, 6) is 0.370. The van der Waals surface area contributed by atoms with E-state index < -0.39 is 0 Å². The van der Waals surface area contributed by atoms with Gasteiger partial charge in [-0.15, -0.1) is 0 Å². The van der Waals surface area contributed by atoms with Crippen LogP contribution in [0.2, 0.25) is 0 Å². The van der Waals surface area contributed by atoms with Crippen molar-refractivity contribution < 1.29 is 5.11 Å². The van der Waals surface area contributed by atoms with Crippen LogP contribution in [0.15, 0.2) is 21.9 Å². The molecular formula is C8H10Br2O. The van der Waals surface area contributed by atoms with Crippen molar-refractivity contribution >= 4 is 31.9 Å².